The molecule has 3 aromatic rings. The number of carbonyl (C=O) groups is 1. The second-order valence-electron chi connectivity index (χ2n) is 6.39. The molecule has 4 rings (SSSR count). The lowest BCUT2D eigenvalue weighted by molar-refractivity contribution is 0.0919. The van der Waals surface area contributed by atoms with Crippen molar-refractivity contribution in [1.29, 1.82) is 0 Å². The van der Waals surface area contributed by atoms with Gasteiger partial charge in [0, 0.05) is 12.4 Å². The molecule has 1 amide bonds. The third-order valence-electron chi connectivity index (χ3n) is 4.49. The first kappa shape index (κ1) is 17.0. The number of hydrogen-bond donors (Lipinski definition) is 1. The van der Waals surface area contributed by atoms with E-state index in [1.54, 1.807) is 7.05 Å². The number of aryl methyl sites for hydroxylation is 2. The van der Waals surface area contributed by atoms with Crippen molar-refractivity contribution in [3.8, 4) is 5.75 Å². The predicted molar refractivity (Wildman–Crippen MR) is 95.2 cm³/mol. The van der Waals surface area contributed by atoms with Crippen molar-refractivity contribution >= 4 is 27.5 Å². The fraction of sp³-hybridized carbons (Fsp3) is 0.333. The minimum absolute atomic E-state index is 0.158. The molecule has 0 radical (unpaired) electrons. The van der Waals surface area contributed by atoms with E-state index in [-0.39, 0.29) is 17.6 Å². The normalized spacial score (nSPS) is 16.6. The third kappa shape index (κ3) is 2.84. The maximum absolute atomic E-state index is 13.1. The average molecular weight is 377 g/mol. The number of ether oxygens (including phenoxy) is 1. The summed E-state index contributed by atoms with van der Waals surface area (Å²) in [4.78, 5) is 13.5. The first-order valence-electron chi connectivity index (χ1n) is 8.20. The Morgan fingerprint density at radius 2 is 2.27 bits per heavy atom. The highest BCUT2D eigenvalue weighted by molar-refractivity contribution is 7.20. The summed E-state index contributed by atoms with van der Waals surface area (Å²) in [6, 6.07) is 7.28. The molecule has 1 N–H and O–H groups in total. The van der Waals surface area contributed by atoms with Crippen LogP contribution in [0.4, 0.5) is 8.78 Å². The molecule has 8 heteroatoms. The van der Waals surface area contributed by atoms with Gasteiger partial charge in [-0.05, 0) is 30.5 Å². The number of halogens is 2. The molecular weight excluding hydrogens is 360 g/mol. The minimum atomic E-state index is -2.67. The van der Waals surface area contributed by atoms with E-state index in [1.165, 1.54) is 10.7 Å². The first-order chi connectivity index (χ1) is 12.4. The van der Waals surface area contributed by atoms with Gasteiger partial charge in [0.25, 0.3) is 12.3 Å². The molecule has 3 heterocycles. The molecule has 1 aliphatic rings. The van der Waals surface area contributed by atoms with Crippen LogP contribution in [0.2, 0.25) is 0 Å². The Labute approximate surface area is 152 Å². The van der Waals surface area contributed by atoms with Crippen LogP contribution in [-0.4, -0.2) is 28.3 Å². The SMILES string of the molecule is Cc1cccc2c1OCC(NC(=O)c1cc3c(C(F)F)nn(C)c3s1)C2. The Kier molecular flexibility index (Phi) is 4.14. The van der Waals surface area contributed by atoms with E-state index in [4.69, 9.17) is 4.74 Å². The number of benzene rings is 1. The van der Waals surface area contributed by atoms with E-state index in [0.29, 0.717) is 28.1 Å². The van der Waals surface area contributed by atoms with Crippen LogP contribution >= 0.6 is 11.3 Å². The van der Waals surface area contributed by atoms with E-state index in [9.17, 15) is 13.6 Å². The molecule has 0 saturated heterocycles. The Bertz CT molecular complexity index is 996. The number of rotatable bonds is 3. The van der Waals surface area contributed by atoms with Crippen molar-refractivity contribution in [2.75, 3.05) is 6.61 Å². The van der Waals surface area contributed by atoms with Crippen molar-refractivity contribution in [2.24, 2.45) is 7.05 Å². The number of nitrogens with one attached hydrogen (secondary N) is 1. The summed E-state index contributed by atoms with van der Waals surface area (Å²) in [5.74, 6) is 0.601. The fourth-order valence-corrected chi connectivity index (χ4v) is 4.26. The summed E-state index contributed by atoms with van der Waals surface area (Å²) in [6.45, 7) is 2.38. The van der Waals surface area contributed by atoms with Gasteiger partial charge < -0.3 is 10.1 Å². The summed E-state index contributed by atoms with van der Waals surface area (Å²) in [7, 11) is 1.60. The maximum atomic E-state index is 13.1. The molecule has 0 bridgehead atoms. The molecule has 1 unspecified atom stereocenters. The summed E-state index contributed by atoms with van der Waals surface area (Å²) in [5, 5.41) is 7.10. The summed E-state index contributed by atoms with van der Waals surface area (Å²) in [5.41, 5.74) is 1.84. The Hall–Kier alpha value is -2.48. The first-order valence-corrected chi connectivity index (χ1v) is 9.02. The van der Waals surface area contributed by atoms with Crippen LogP contribution < -0.4 is 10.1 Å². The second kappa shape index (κ2) is 6.35. The Morgan fingerprint density at radius 3 is 3.04 bits per heavy atom. The van der Waals surface area contributed by atoms with Gasteiger partial charge in [-0.1, -0.05) is 18.2 Å². The number of thiophene rings is 1. The predicted octanol–water partition coefficient (Wildman–Crippen LogP) is 3.61. The van der Waals surface area contributed by atoms with Crippen molar-refractivity contribution in [3.63, 3.8) is 0 Å². The van der Waals surface area contributed by atoms with Gasteiger partial charge in [0.15, 0.2) is 0 Å². The number of amides is 1. The molecule has 1 atom stereocenters. The second-order valence-corrected chi connectivity index (χ2v) is 7.42. The molecule has 26 heavy (non-hydrogen) atoms. The van der Waals surface area contributed by atoms with Crippen LogP contribution in [0.25, 0.3) is 10.2 Å². The van der Waals surface area contributed by atoms with Crippen LogP contribution in [-0.2, 0) is 13.5 Å². The number of nitrogens with zero attached hydrogens (tertiary/aromatic N) is 2. The fourth-order valence-electron chi connectivity index (χ4n) is 3.28. The van der Waals surface area contributed by atoms with Gasteiger partial charge in [0.1, 0.15) is 22.9 Å². The molecule has 1 aromatic carbocycles. The molecule has 136 valence electrons. The number of alkyl halides is 2. The monoisotopic (exact) mass is 377 g/mol. The Balaban J connectivity index is 1.54. The molecule has 0 aliphatic carbocycles. The summed E-state index contributed by atoms with van der Waals surface area (Å²) in [6.07, 6.45) is -1.99. The standard InChI is InChI=1S/C18H17F2N3O2S/c1-9-4-3-5-10-6-11(8-25-15(9)10)21-17(24)13-7-12-14(16(19)20)22-23(2)18(12)26-13/h3-5,7,11,16H,6,8H2,1-2H3,(H,21,24). The van der Waals surface area contributed by atoms with Crippen molar-refractivity contribution in [1.82, 2.24) is 15.1 Å². The van der Waals surface area contributed by atoms with Gasteiger partial charge in [-0.3, -0.25) is 9.48 Å². The lowest BCUT2D eigenvalue weighted by Crippen LogP contribution is -2.42. The molecule has 2 aromatic heterocycles. The van der Waals surface area contributed by atoms with Crippen LogP contribution in [0.5, 0.6) is 5.75 Å². The molecule has 0 spiro atoms. The highest BCUT2D eigenvalue weighted by Crippen LogP contribution is 2.33. The van der Waals surface area contributed by atoms with E-state index >= 15 is 0 Å². The molecule has 0 fully saturated rings. The summed E-state index contributed by atoms with van der Waals surface area (Å²) < 4.78 is 33.3. The van der Waals surface area contributed by atoms with Crippen molar-refractivity contribution in [2.45, 2.75) is 25.8 Å². The zero-order valence-corrected chi connectivity index (χ0v) is 15.1. The average Bonchev–Trinajstić information content (AvgIpc) is 3.16. The van der Waals surface area contributed by atoms with E-state index in [2.05, 4.69) is 10.4 Å². The topological polar surface area (TPSA) is 56.1 Å². The lowest BCUT2D eigenvalue weighted by atomic mass is 10.00. The van der Waals surface area contributed by atoms with Gasteiger partial charge >= 0.3 is 0 Å². The number of hydrogen-bond acceptors (Lipinski definition) is 4. The largest absolute Gasteiger partial charge is 0.491 e. The minimum Gasteiger partial charge on any atom is -0.491 e. The number of para-hydroxylation sites is 1. The van der Waals surface area contributed by atoms with E-state index < -0.39 is 6.43 Å². The third-order valence-corrected chi connectivity index (χ3v) is 5.70. The van der Waals surface area contributed by atoms with Gasteiger partial charge in [-0.2, -0.15) is 5.10 Å². The van der Waals surface area contributed by atoms with Gasteiger partial charge in [0.2, 0.25) is 0 Å². The van der Waals surface area contributed by atoms with Crippen LogP contribution in [0, 0.1) is 6.92 Å². The molecule has 1 aliphatic heterocycles. The van der Waals surface area contributed by atoms with Crippen LogP contribution in [0.1, 0.15) is 32.9 Å². The molecule has 5 nitrogen and oxygen atoms in total. The number of fused-ring (bicyclic) bond motifs is 2. The highest BCUT2D eigenvalue weighted by atomic mass is 32.1. The zero-order valence-electron chi connectivity index (χ0n) is 14.3. The van der Waals surface area contributed by atoms with Gasteiger partial charge in [-0.25, -0.2) is 8.78 Å². The van der Waals surface area contributed by atoms with Gasteiger partial charge in [-0.15, -0.1) is 11.3 Å². The van der Waals surface area contributed by atoms with Crippen molar-refractivity contribution < 1.29 is 18.3 Å². The zero-order chi connectivity index (χ0) is 18.4. The lowest BCUT2D eigenvalue weighted by Gasteiger charge is -2.27. The highest BCUT2D eigenvalue weighted by Gasteiger charge is 2.25. The summed E-state index contributed by atoms with van der Waals surface area (Å²) >= 11 is 1.16. The Morgan fingerprint density at radius 1 is 1.46 bits per heavy atom. The number of carbonyl (C=O) groups excluding carboxylic acids is 1. The van der Waals surface area contributed by atoms with Crippen molar-refractivity contribution in [3.05, 3.63) is 46.0 Å². The maximum Gasteiger partial charge on any atom is 0.282 e. The molecular formula is C18H17F2N3O2S. The van der Waals surface area contributed by atoms with Crippen LogP contribution in [0.3, 0.4) is 0 Å². The van der Waals surface area contributed by atoms with E-state index in [1.807, 2.05) is 25.1 Å². The molecule has 0 saturated carbocycles. The smallest absolute Gasteiger partial charge is 0.282 e. The number of aromatic nitrogens is 2. The van der Waals surface area contributed by atoms with Crippen LogP contribution in [0.15, 0.2) is 24.3 Å². The van der Waals surface area contributed by atoms with E-state index in [0.717, 1.165) is 28.2 Å². The van der Waals surface area contributed by atoms with Gasteiger partial charge in [0.05, 0.1) is 10.9 Å². The quantitative estimate of drug-likeness (QED) is 0.759.